The number of halogens is 4. The lowest BCUT2D eigenvalue weighted by molar-refractivity contribution is 0.0725. The van der Waals surface area contributed by atoms with Crippen LogP contribution < -0.4 is 16.2 Å². The first kappa shape index (κ1) is 20.3. The van der Waals surface area contributed by atoms with Crippen molar-refractivity contribution in [3.63, 3.8) is 0 Å². The molecule has 3 rings (SSSR count). The molecule has 146 valence electrons. The summed E-state index contributed by atoms with van der Waals surface area (Å²) >= 11 is 12.2. The Morgan fingerprint density at radius 3 is 2.41 bits per heavy atom. The molecule has 0 atom stereocenters. The number of carbonyl (C=O) groups excluding carboxylic acids is 1. The van der Waals surface area contributed by atoms with Gasteiger partial charge in [0.25, 0.3) is 0 Å². The molecule has 2 aromatic carbocycles. The third-order valence-electron chi connectivity index (χ3n) is 3.69. The van der Waals surface area contributed by atoms with Crippen LogP contribution in [0.25, 0.3) is 11.3 Å². The molecule has 0 unspecified atom stereocenters. The van der Waals surface area contributed by atoms with Gasteiger partial charge in [-0.15, -0.1) is 0 Å². The van der Waals surface area contributed by atoms with E-state index >= 15 is 0 Å². The van der Waals surface area contributed by atoms with E-state index in [0.717, 1.165) is 18.2 Å². The number of hydrogen-bond acceptors (Lipinski definition) is 7. The summed E-state index contributed by atoms with van der Waals surface area (Å²) in [6, 6.07) is 7.19. The van der Waals surface area contributed by atoms with Gasteiger partial charge in [-0.3, -0.25) is 0 Å². The number of nitrogens with two attached hydrogens (primary N) is 2. The second-order valence-electron chi connectivity index (χ2n) is 5.55. The van der Waals surface area contributed by atoms with Crippen LogP contribution in [0.5, 0.6) is 5.75 Å². The predicted octanol–water partition coefficient (Wildman–Crippen LogP) is 3.98. The molecular weight excluding hydrogens is 427 g/mol. The molecule has 0 aliphatic heterocycles. The molecule has 3 aromatic rings. The number of carbonyl (C=O) groups is 1. The second-order valence-corrected chi connectivity index (χ2v) is 6.40. The fourth-order valence-corrected chi connectivity index (χ4v) is 3.01. The third kappa shape index (κ3) is 3.89. The number of aromatic nitrogens is 2. The molecule has 29 heavy (non-hydrogen) atoms. The first-order valence-electron chi connectivity index (χ1n) is 7.71. The average Bonchev–Trinajstić information content (AvgIpc) is 2.63. The average molecular weight is 436 g/mol. The van der Waals surface area contributed by atoms with Gasteiger partial charge in [-0.05, 0) is 24.3 Å². The van der Waals surface area contributed by atoms with E-state index in [-0.39, 0.29) is 44.4 Å². The van der Waals surface area contributed by atoms with Crippen molar-refractivity contribution in [2.45, 2.75) is 0 Å². The Morgan fingerprint density at radius 2 is 1.79 bits per heavy atom. The number of anilines is 2. The van der Waals surface area contributed by atoms with Gasteiger partial charge in [0, 0.05) is 10.6 Å². The molecule has 7 nitrogen and oxygen atoms in total. The van der Waals surface area contributed by atoms with E-state index < -0.39 is 23.2 Å². The molecule has 11 heteroatoms. The number of rotatable bonds is 3. The minimum atomic E-state index is -1.36. The lowest BCUT2D eigenvalue weighted by Gasteiger charge is -2.14. The topological polar surface area (TPSA) is 128 Å². The van der Waals surface area contributed by atoms with Crippen molar-refractivity contribution in [1.82, 2.24) is 9.97 Å². The van der Waals surface area contributed by atoms with Crippen LogP contribution in [0.4, 0.5) is 20.5 Å². The first-order chi connectivity index (χ1) is 13.7. The number of nitriles is 1. The van der Waals surface area contributed by atoms with Crippen molar-refractivity contribution in [2.75, 3.05) is 11.5 Å². The standard InChI is InChI=1S/C18H9Cl2F2N5O2/c19-7-4-8(14-9(6-23)16(24)27-18(25)26-14)15(10(20)5-7)29-17(28)13-11(21)2-1-3-12(13)22/h1-5H,(H4,24,25,26,27). The van der Waals surface area contributed by atoms with E-state index in [1.54, 1.807) is 6.07 Å². The largest absolute Gasteiger partial charge is 0.420 e. The van der Waals surface area contributed by atoms with Gasteiger partial charge in [-0.25, -0.2) is 18.6 Å². The van der Waals surface area contributed by atoms with Gasteiger partial charge in [0.1, 0.15) is 34.6 Å². The number of esters is 1. The van der Waals surface area contributed by atoms with Gasteiger partial charge in [0.2, 0.25) is 5.95 Å². The normalized spacial score (nSPS) is 10.4. The Balaban J connectivity index is 2.21. The molecule has 0 amide bonds. The van der Waals surface area contributed by atoms with Crippen LogP contribution >= 0.6 is 23.2 Å². The summed E-state index contributed by atoms with van der Waals surface area (Å²) in [4.78, 5) is 20.1. The SMILES string of the molecule is N#Cc1c(N)nc(N)nc1-c1cc(Cl)cc(Cl)c1OC(=O)c1c(F)cccc1F. The van der Waals surface area contributed by atoms with Crippen LogP contribution in [0.2, 0.25) is 10.0 Å². The van der Waals surface area contributed by atoms with E-state index in [2.05, 4.69) is 9.97 Å². The Hall–Kier alpha value is -3.48. The lowest BCUT2D eigenvalue weighted by Crippen LogP contribution is -2.14. The highest BCUT2D eigenvalue weighted by atomic mass is 35.5. The highest BCUT2D eigenvalue weighted by molar-refractivity contribution is 6.36. The van der Waals surface area contributed by atoms with Crippen molar-refractivity contribution in [2.24, 2.45) is 0 Å². The zero-order valence-electron chi connectivity index (χ0n) is 14.2. The van der Waals surface area contributed by atoms with Gasteiger partial charge in [0.05, 0.1) is 10.7 Å². The zero-order chi connectivity index (χ0) is 21.3. The molecule has 1 aromatic heterocycles. The summed E-state index contributed by atoms with van der Waals surface area (Å²) in [5.41, 5.74) is 10.0. The molecule has 0 spiro atoms. The van der Waals surface area contributed by atoms with Crippen molar-refractivity contribution >= 4 is 40.9 Å². The first-order valence-corrected chi connectivity index (χ1v) is 8.47. The van der Waals surface area contributed by atoms with E-state index in [1.165, 1.54) is 12.1 Å². The molecule has 1 heterocycles. The van der Waals surface area contributed by atoms with Crippen molar-refractivity contribution in [3.8, 4) is 23.1 Å². The number of nitrogen functional groups attached to an aromatic ring is 2. The summed E-state index contributed by atoms with van der Waals surface area (Å²) in [6.45, 7) is 0. The maximum Gasteiger partial charge on any atom is 0.349 e. The molecule has 0 radical (unpaired) electrons. The second kappa shape index (κ2) is 7.87. The maximum absolute atomic E-state index is 13.9. The van der Waals surface area contributed by atoms with Crippen LogP contribution in [0.15, 0.2) is 30.3 Å². The van der Waals surface area contributed by atoms with E-state index in [9.17, 15) is 18.8 Å². The summed E-state index contributed by atoms with van der Waals surface area (Å²) in [5, 5.41) is 9.31. The monoisotopic (exact) mass is 435 g/mol. The fourth-order valence-electron chi connectivity index (χ4n) is 2.48. The van der Waals surface area contributed by atoms with E-state index in [1.807, 2.05) is 0 Å². The highest BCUT2D eigenvalue weighted by Crippen LogP contribution is 2.41. The van der Waals surface area contributed by atoms with Crippen LogP contribution in [-0.4, -0.2) is 15.9 Å². The summed E-state index contributed by atoms with van der Waals surface area (Å²) in [7, 11) is 0. The van der Waals surface area contributed by atoms with Crippen LogP contribution in [0.1, 0.15) is 15.9 Å². The summed E-state index contributed by atoms with van der Waals surface area (Å²) in [6.07, 6.45) is 0. The zero-order valence-corrected chi connectivity index (χ0v) is 15.7. The highest BCUT2D eigenvalue weighted by Gasteiger charge is 2.25. The number of hydrogen-bond donors (Lipinski definition) is 2. The molecule has 0 saturated carbocycles. The van der Waals surface area contributed by atoms with Crippen molar-refractivity contribution in [3.05, 3.63) is 63.1 Å². The summed E-state index contributed by atoms with van der Waals surface area (Å²) in [5.74, 6) is -4.48. The maximum atomic E-state index is 13.9. The Bertz CT molecular complexity index is 1180. The lowest BCUT2D eigenvalue weighted by atomic mass is 10.1. The van der Waals surface area contributed by atoms with Crippen molar-refractivity contribution in [1.29, 1.82) is 5.26 Å². The van der Waals surface area contributed by atoms with Crippen LogP contribution in [-0.2, 0) is 0 Å². The number of benzene rings is 2. The Kier molecular flexibility index (Phi) is 5.50. The van der Waals surface area contributed by atoms with Gasteiger partial charge < -0.3 is 16.2 Å². The molecule has 0 fully saturated rings. The number of ether oxygens (including phenoxy) is 1. The quantitative estimate of drug-likeness (QED) is 0.470. The third-order valence-corrected chi connectivity index (χ3v) is 4.19. The fraction of sp³-hybridized carbons (Fsp3) is 0. The van der Waals surface area contributed by atoms with Gasteiger partial charge in [-0.1, -0.05) is 29.3 Å². The predicted molar refractivity (Wildman–Crippen MR) is 102 cm³/mol. The van der Waals surface area contributed by atoms with Crippen LogP contribution in [0.3, 0.4) is 0 Å². The molecular formula is C18H9Cl2F2N5O2. The molecule has 0 aliphatic rings. The molecule has 0 bridgehead atoms. The van der Waals surface area contributed by atoms with Gasteiger partial charge in [-0.2, -0.15) is 10.2 Å². The molecule has 0 aliphatic carbocycles. The van der Waals surface area contributed by atoms with Gasteiger partial charge in [0.15, 0.2) is 5.75 Å². The smallest absolute Gasteiger partial charge is 0.349 e. The Labute approximate surface area is 172 Å². The molecule has 4 N–H and O–H groups in total. The number of nitrogens with zero attached hydrogens (tertiary/aromatic N) is 3. The minimum absolute atomic E-state index is 0.0510. The minimum Gasteiger partial charge on any atom is -0.420 e. The van der Waals surface area contributed by atoms with E-state index in [4.69, 9.17) is 39.4 Å². The Morgan fingerprint density at radius 1 is 1.14 bits per heavy atom. The van der Waals surface area contributed by atoms with Crippen LogP contribution in [0, 0.1) is 23.0 Å². The van der Waals surface area contributed by atoms with Crippen molar-refractivity contribution < 1.29 is 18.3 Å². The van der Waals surface area contributed by atoms with Gasteiger partial charge >= 0.3 is 5.97 Å². The molecule has 0 saturated heterocycles. The summed E-state index contributed by atoms with van der Waals surface area (Å²) < 4.78 is 33.0. The van der Waals surface area contributed by atoms with E-state index in [0.29, 0.717) is 0 Å².